The third-order valence-electron chi connectivity index (χ3n) is 2.21. The fourth-order valence-corrected chi connectivity index (χ4v) is 1.91. The van der Waals surface area contributed by atoms with Crippen molar-refractivity contribution in [3.8, 4) is 0 Å². The number of amidine groups is 1. The first-order valence-electron chi connectivity index (χ1n) is 5.58. The Hall–Kier alpha value is -1.93. The van der Waals surface area contributed by atoms with Gasteiger partial charge in [-0.1, -0.05) is 10.3 Å². The second-order valence-electron chi connectivity index (χ2n) is 3.61. The van der Waals surface area contributed by atoms with Crippen LogP contribution in [0.4, 0.5) is 0 Å². The van der Waals surface area contributed by atoms with Crippen LogP contribution in [-0.2, 0) is 22.6 Å². The van der Waals surface area contributed by atoms with Gasteiger partial charge in [-0.05, 0) is 11.4 Å². The van der Waals surface area contributed by atoms with Crippen molar-refractivity contribution in [2.45, 2.75) is 13.0 Å². The molecule has 19 heavy (non-hydrogen) atoms. The lowest BCUT2D eigenvalue weighted by Gasteiger charge is -1.97. The van der Waals surface area contributed by atoms with E-state index in [2.05, 4.69) is 15.3 Å². The molecule has 102 valence electrons. The van der Waals surface area contributed by atoms with Crippen molar-refractivity contribution >= 4 is 17.2 Å². The lowest BCUT2D eigenvalue weighted by Crippen LogP contribution is -2.12. The van der Waals surface area contributed by atoms with E-state index in [1.54, 1.807) is 7.11 Å². The van der Waals surface area contributed by atoms with E-state index in [-0.39, 0.29) is 6.61 Å². The second kappa shape index (κ2) is 6.86. The van der Waals surface area contributed by atoms with Crippen LogP contribution < -0.4 is 5.73 Å². The first-order valence-corrected chi connectivity index (χ1v) is 6.52. The summed E-state index contributed by atoms with van der Waals surface area (Å²) in [5.41, 5.74) is 6.55. The summed E-state index contributed by atoms with van der Waals surface area (Å²) in [5.74, 6) is 1.25. The average molecular weight is 282 g/mol. The van der Waals surface area contributed by atoms with Gasteiger partial charge >= 0.3 is 0 Å². The summed E-state index contributed by atoms with van der Waals surface area (Å²) in [6.07, 6.45) is 0.598. The second-order valence-corrected chi connectivity index (χ2v) is 4.39. The highest BCUT2D eigenvalue weighted by Gasteiger charge is 2.06. The fraction of sp³-hybridized carbons (Fsp3) is 0.364. The van der Waals surface area contributed by atoms with Gasteiger partial charge in [-0.25, -0.2) is 0 Å². The topological polar surface area (TPSA) is 95.8 Å². The van der Waals surface area contributed by atoms with Crippen LogP contribution in [0.25, 0.3) is 0 Å². The van der Waals surface area contributed by atoms with Gasteiger partial charge in [-0.2, -0.15) is 16.3 Å². The highest BCUT2D eigenvalue weighted by molar-refractivity contribution is 7.08. The number of rotatable bonds is 7. The molecule has 0 unspecified atom stereocenters. The molecule has 2 rings (SSSR count). The van der Waals surface area contributed by atoms with Crippen LogP contribution >= 0.6 is 11.3 Å². The largest absolute Gasteiger partial charge is 0.384 e. The first-order chi connectivity index (χ1) is 9.29. The summed E-state index contributed by atoms with van der Waals surface area (Å²) in [7, 11) is 1.62. The Kier molecular flexibility index (Phi) is 4.87. The number of oxime groups is 1. The van der Waals surface area contributed by atoms with Crippen molar-refractivity contribution in [2.24, 2.45) is 10.9 Å². The van der Waals surface area contributed by atoms with E-state index in [0.29, 0.717) is 30.6 Å². The molecule has 7 nitrogen and oxygen atoms in total. The number of nitrogens with zero attached hydrogens (tertiary/aromatic N) is 3. The van der Waals surface area contributed by atoms with Gasteiger partial charge < -0.3 is 19.8 Å². The minimum atomic E-state index is 0.0881. The van der Waals surface area contributed by atoms with Gasteiger partial charge in [-0.15, -0.1) is 0 Å². The van der Waals surface area contributed by atoms with E-state index < -0.39 is 0 Å². The molecule has 0 radical (unpaired) electrons. The molecule has 0 aromatic carbocycles. The maximum atomic E-state index is 5.72. The molecule has 0 saturated heterocycles. The van der Waals surface area contributed by atoms with Crippen LogP contribution in [0.1, 0.15) is 17.3 Å². The monoisotopic (exact) mass is 282 g/mol. The molecule has 0 amide bonds. The maximum Gasteiger partial charge on any atom is 0.267 e. The summed E-state index contributed by atoms with van der Waals surface area (Å²) in [6, 6.07) is 1.86. The van der Waals surface area contributed by atoms with Gasteiger partial charge in [0.05, 0.1) is 6.61 Å². The number of hydrogen-bond acceptors (Lipinski definition) is 7. The van der Waals surface area contributed by atoms with Crippen molar-refractivity contribution in [1.82, 2.24) is 10.1 Å². The van der Waals surface area contributed by atoms with Crippen LogP contribution in [0, 0.1) is 0 Å². The van der Waals surface area contributed by atoms with Gasteiger partial charge in [0.1, 0.15) is 0 Å². The number of nitrogens with two attached hydrogens (primary N) is 1. The number of aromatic nitrogens is 2. The van der Waals surface area contributed by atoms with Crippen LogP contribution in [-0.4, -0.2) is 29.7 Å². The van der Waals surface area contributed by atoms with Gasteiger partial charge in [0, 0.05) is 24.5 Å². The number of ether oxygens (including phenoxy) is 1. The first kappa shape index (κ1) is 13.5. The summed E-state index contributed by atoms with van der Waals surface area (Å²) in [4.78, 5) is 9.18. The van der Waals surface area contributed by atoms with E-state index in [4.69, 9.17) is 19.8 Å². The molecular weight excluding hydrogens is 268 g/mol. The molecule has 0 bridgehead atoms. The van der Waals surface area contributed by atoms with E-state index in [0.717, 1.165) is 5.56 Å². The lowest BCUT2D eigenvalue weighted by molar-refractivity contribution is 0.105. The Morgan fingerprint density at radius 3 is 3.21 bits per heavy atom. The zero-order valence-corrected chi connectivity index (χ0v) is 11.2. The predicted octanol–water partition coefficient (Wildman–Crippen LogP) is 1.16. The number of hydrogen-bond donors (Lipinski definition) is 1. The third kappa shape index (κ3) is 4.04. The molecule has 8 heteroatoms. The lowest BCUT2D eigenvalue weighted by atomic mass is 10.3. The summed E-state index contributed by atoms with van der Waals surface area (Å²) < 4.78 is 9.90. The fourth-order valence-electron chi connectivity index (χ4n) is 1.26. The average Bonchev–Trinajstić information content (AvgIpc) is 3.07. The smallest absolute Gasteiger partial charge is 0.267 e. The van der Waals surface area contributed by atoms with Crippen LogP contribution in [0.5, 0.6) is 0 Å². The summed E-state index contributed by atoms with van der Waals surface area (Å²) in [6.45, 7) is 0.633. The SMILES string of the molecule is COCCc1noc(CON=C(N)c2ccsc2)n1. The van der Waals surface area contributed by atoms with Crippen molar-refractivity contribution in [2.75, 3.05) is 13.7 Å². The van der Waals surface area contributed by atoms with Crippen molar-refractivity contribution in [1.29, 1.82) is 0 Å². The van der Waals surface area contributed by atoms with Gasteiger partial charge in [0.15, 0.2) is 18.3 Å². The quantitative estimate of drug-likeness (QED) is 0.465. The van der Waals surface area contributed by atoms with Gasteiger partial charge in [0.25, 0.3) is 5.89 Å². The highest BCUT2D eigenvalue weighted by Crippen LogP contribution is 2.06. The Labute approximate surface area is 114 Å². The van der Waals surface area contributed by atoms with Crippen LogP contribution in [0.2, 0.25) is 0 Å². The Balaban J connectivity index is 1.82. The molecule has 0 atom stereocenters. The predicted molar refractivity (Wildman–Crippen MR) is 69.7 cm³/mol. The molecule has 2 N–H and O–H groups in total. The zero-order chi connectivity index (χ0) is 13.5. The van der Waals surface area contributed by atoms with Crippen molar-refractivity contribution in [3.63, 3.8) is 0 Å². The molecule has 0 aliphatic heterocycles. The normalized spacial score (nSPS) is 11.7. The minimum absolute atomic E-state index is 0.0881. The van der Waals surface area contributed by atoms with Crippen molar-refractivity contribution in [3.05, 3.63) is 34.1 Å². The van der Waals surface area contributed by atoms with E-state index in [9.17, 15) is 0 Å². The Morgan fingerprint density at radius 2 is 2.47 bits per heavy atom. The number of thiophene rings is 1. The molecule has 0 spiro atoms. The van der Waals surface area contributed by atoms with Crippen molar-refractivity contribution < 1.29 is 14.1 Å². The highest BCUT2D eigenvalue weighted by atomic mass is 32.1. The number of methoxy groups -OCH3 is 1. The minimum Gasteiger partial charge on any atom is -0.384 e. The third-order valence-corrected chi connectivity index (χ3v) is 2.89. The Morgan fingerprint density at radius 1 is 1.58 bits per heavy atom. The van der Waals surface area contributed by atoms with E-state index >= 15 is 0 Å². The standard InChI is InChI=1S/C11H14N4O3S/c1-16-4-2-9-13-10(18-14-9)6-17-15-11(12)8-3-5-19-7-8/h3,5,7H,2,4,6H2,1H3,(H2,12,15). The summed E-state index contributed by atoms with van der Waals surface area (Å²) >= 11 is 1.54. The maximum absolute atomic E-state index is 5.72. The van der Waals surface area contributed by atoms with Gasteiger partial charge in [-0.3, -0.25) is 0 Å². The molecule has 0 aliphatic rings. The molecule has 0 saturated carbocycles. The van der Waals surface area contributed by atoms with E-state index in [1.165, 1.54) is 11.3 Å². The van der Waals surface area contributed by atoms with E-state index in [1.807, 2.05) is 16.8 Å². The molecular formula is C11H14N4O3S. The van der Waals surface area contributed by atoms with Crippen LogP contribution in [0.15, 0.2) is 26.5 Å². The summed E-state index contributed by atoms with van der Waals surface area (Å²) in [5, 5.41) is 11.4. The van der Waals surface area contributed by atoms with Crippen LogP contribution in [0.3, 0.4) is 0 Å². The molecule has 0 fully saturated rings. The molecule has 2 aromatic rings. The zero-order valence-electron chi connectivity index (χ0n) is 10.4. The molecule has 2 aromatic heterocycles. The Bertz CT molecular complexity index is 524. The van der Waals surface area contributed by atoms with Gasteiger partial charge in [0.2, 0.25) is 0 Å². The molecule has 2 heterocycles. The molecule has 0 aliphatic carbocycles.